The molecule has 0 radical (unpaired) electrons. The zero-order chi connectivity index (χ0) is 10.5. The van der Waals surface area contributed by atoms with Crippen molar-refractivity contribution in [2.24, 2.45) is 11.7 Å². The first-order valence-corrected chi connectivity index (χ1v) is 6.07. The van der Waals surface area contributed by atoms with Gasteiger partial charge in [-0.2, -0.15) is 0 Å². The Morgan fingerprint density at radius 1 is 1.33 bits per heavy atom. The summed E-state index contributed by atoms with van der Waals surface area (Å²) in [7, 11) is 0. The molecule has 1 aliphatic rings. The predicted octanol–water partition coefficient (Wildman–Crippen LogP) is 2.18. The first-order chi connectivity index (χ1) is 7.36. The highest BCUT2D eigenvalue weighted by Gasteiger charge is 2.19. The molecule has 1 aromatic rings. The van der Waals surface area contributed by atoms with Crippen LogP contribution >= 0.6 is 0 Å². The van der Waals surface area contributed by atoms with Gasteiger partial charge in [0.2, 0.25) is 0 Å². The Hall–Kier alpha value is -0.830. The molecule has 1 aromatic heterocycles. The standard InChI is InChI=1S/C12H21N3/c13-12(11-4-2-1-3-5-11)6-8-15-9-7-14-10-15/h7,9-12H,1-6,8,13H2. The number of hydrogen-bond acceptors (Lipinski definition) is 2. The van der Waals surface area contributed by atoms with Crippen LogP contribution in [0.1, 0.15) is 38.5 Å². The van der Waals surface area contributed by atoms with Crippen LogP contribution in [0.25, 0.3) is 0 Å². The van der Waals surface area contributed by atoms with Crippen molar-refractivity contribution >= 4 is 0 Å². The normalized spacial score (nSPS) is 20.3. The topological polar surface area (TPSA) is 43.8 Å². The molecule has 84 valence electrons. The van der Waals surface area contributed by atoms with E-state index in [4.69, 9.17) is 5.73 Å². The van der Waals surface area contributed by atoms with Gasteiger partial charge in [0.1, 0.15) is 0 Å². The van der Waals surface area contributed by atoms with E-state index in [-0.39, 0.29) is 0 Å². The Labute approximate surface area is 91.7 Å². The molecule has 15 heavy (non-hydrogen) atoms. The van der Waals surface area contributed by atoms with Gasteiger partial charge in [0, 0.05) is 25.0 Å². The maximum absolute atomic E-state index is 6.23. The quantitative estimate of drug-likeness (QED) is 0.822. The van der Waals surface area contributed by atoms with E-state index in [2.05, 4.69) is 9.55 Å². The third-order valence-electron chi connectivity index (χ3n) is 3.54. The molecular weight excluding hydrogens is 186 g/mol. The average molecular weight is 207 g/mol. The molecule has 1 saturated carbocycles. The van der Waals surface area contributed by atoms with E-state index in [0.29, 0.717) is 6.04 Å². The molecule has 3 heteroatoms. The number of hydrogen-bond donors (Lipinski definition) is 1. The molecule has 2 N–H and O–H groups in total. The third kappa shape index (κ3) is 3.06. The summed E-state index contributed by atoms with van der Waals surface area (Å²) in [5.74, 6) is 0.766. The van der Waals surface area contributed by atoms with Crippen LogP contribution in [-0.4, -0.2) is 15.6 Å². The zero-order valence-corrected chi connectivity index (χ0v) is 9.31. The van der Waals surface area contributed by atoms with Gasteiger partial charge in [-0.05, 0) is 25.2 Å². The summed E-state index contributed by atoms with van der Waals surface area (Å²) in [4.78, 5) is 4.03. The minimum atomic E-state index is 0.382. The summed E-state index contributed by atoms with van der Waals surface area (Å²) in [5, 5.41) is 0. The van der Waals surface area contributed by atoms with E-state index >= 15 is 0 Å². The first kappa shape index (κ1) is 10.7. The fourth-order valence-corrected chi connectivity index (χ4v) is 2.52. The van der Waals surface area contributed by atoms with Gasteiger partial charge in [-0.3, -0.25) is 0 Å². The van der Waals surface area contributed by atoms with Crippen molar-refractivity contribution in [2.75, 3.05) is 0 Å². The summed E-state index contributed by atoms with van der Waals surface area (Å²) in [6, 6.07) is 0.382. The monoisotopic (exact) mass is 207 g/mol. The Morgan fingerprint density at radius 2 is 2.13 bits per heavy atom. The molecule has 0 bridgehead atoms. The zero-order valence-electron chi connectivity index (χ0n) is 9.31. The molecule has 1 aliphatic carbocycles. The summed E-state index contributed by atoms with van der Waals surface area (Å²) in [5.41, 5.74) is 6.23. The largest absolute Gasteiger partial charge is 0.337 e. The van der Waals surface area contributed by atoms with E-state index in [0.717, 1.165) is 18.9 Å². The Bertz CT molecular complexity index is 262. The summed E-state index contributed by atoms with van der Waals surface area (Å²) >= 11 is 0. The van der Waals surface area contributed by atoms with Crippen molar-refractivity contribution in [2.45, 2.75) is 51.1 Å². The van der Waals surface area contributed by atoms with Gasteiger partial charge in [0.15, 0.2) is 0 Å². The summed E-state index contributed by atoms with van der Waals surface area (Å²) < 4.78 is 2.11. The maximum atomic E-state index is 6.23. The van der Waals surface area contributed by atoms with E-state index in [1.54, 1.807) is 0 Å². The van der Waals surface area contributed by atoms with Crippen LogP contribution in [0, 0.1) is 5.92 Å². The Kier molecular flexibility index (Phi) is 3.78. The SMILES string of the molecule is NC(CCn1ccnc1)C1CCCCC1. The minimum absolute atomic E-state index is 0.382. The van der Waals surface area contributed by atoms with Crippen LogP contribution in [0.4, 0.5) is 0 Å². The van der Waals surface area contributed by atoms with Crippen LogP contribution in [0.3, 0.4) is 0 Å². The fourth-order valence-electron chi connectivity index (χ4n) is 2.52. The van der Waals surface area contributed by atoms with Gasteiger partial charge in [-0.15, -0.1) is 0 Å². The van der Waals surface area contributed by atoms with Gasteiger partial charge in [0.05, 0.1) is 6.33 Å². The molecular formula is C12H21N3. The third-order valence-corrected chi connectivity index (χ3v) is 3.54. The molecule has 0 amide bonds. The predicted molar refractivity (Wildman–Crippen MR) is 61.4 cm³/mol. The van der Waals surface area contributed by atoms with Crippen molar-refractivity contribution in [1.29, 1.82) is 0 Å². The van der Waals surface area contributed by atoms with Crippen molar-refractivity contribution < 1.29 is 0 Å². The van der Waals surface area contributed by atoms with Crippen LogP contribution in [0.5, 0.6) is 0 Å². The lowest BCUT2D eigenvalue weighted by Gasteiger charge is -2.27. The van der Waals surface area contributed by atoms with Crippen molar-refractivity contribution in [3.05, 3.63) is 18.7 Å². The van der Waals surface area contributed by atoms with Gasteiger partial charge < -0.3 is 10.3 Å². The molecule has 3 nitrogen and oxygen atoms in total. The molecule has 1 fully saturated rings. The first-order valence-electron chi connectivity index (χ1n) is 6.07. The lowest BCUT2D eigenvalue weighted by Crippen LogP contribution is -2.32. The van der Waals surface area contributed by atoms with Gasteiger partial charge in [-0.1, -0.05) is 19.3 Å². The number of nitrogens with two attached hydrogens (primary N) is 1. The van der Waals surface area contributed by atoms with E-state index in [9.17, 15) is 0 Å². The Morgan fingerprint density at radius 3 is 2.80 bits per heavy atom. The molecule has 2 rings (SSSR count). The average Bonchev–Trinajstić information content (AvgIpc) is 2.80. The summed E-state index contributed by atoms with van der Waals surface area (Å²) in [6.07, 6.45) is 13.6. The summed E-state index contributed by atoms with van der Waals surface area (Å²) in [6.45, 7) is 1.01. The number of rotatable bonds is 4. The molecule has 0 aliphatic heterocycles. The molecule has 1 heterocycles. The van der Waals surface area contributed by atoms with Crippen molar-refractivity contribution in [3.8, 4) is 0 Å². The van der Waals surface area contributed by atoms with Crippen LogP contribution in [0.2, 0.25) is 0 Å². The second-order valence-electron chi connectivity index (χ2n) is 4.65. The number of imidazole rings is 1. The number of aryl methyl sites for hydroxylation is 1. The lowest BCUT2D eigenvalue weighted by atomic mass is 9.83. The highest BCUT2D eigenvalue weighted by atomic mass is 15.0. The second kappa shape index (κ2) is 5.31. The van der Waals surface area contributed by atoms with Crippen LogP contribution in [0.15, 0.2) is 18.7 Å². The van der Waals surface area contributed by atoms with Crippen molar-refractivity contribution in [1.82, 2.24) is 9.55 Å². The van der Waals surface area contributed by atoms with Gasteiger partial charge in [-0.25, -0.2) is 4.98 Å². The number of nitrogens with zero attached hydrogens (tertiary/aromatic N) is 2. The molecule has 1 atom stereocenters. The molecule has 0 aromatic carbocycles. The molecule has 0 saturated heterocycles. The Balaban J connectivity index is 1.74. The molecule has 0 spiro atoms. The maximum Gasteiger partial charge on any atom is 0.0945 e. The fraction of sp³-hybridized carbons (Fsp3) is 0.750. The van der Waals surface area contributed by atoms with E-state index in [1.165, 1.54) is 32.1 Å². The lowest BCUT2D eigenvalue weighted by molar-refractivity contribution is 0.288. The highest BCUT2D eigenvalue weighted by molar-refractivity contribution is 4.79. The van der Waals surface area contributed by atoms with Gasteiger partial charge >= 0.3 is 0 Å². The number of aromatic nitrogens is 2. The van der Waals surface area contributed by atoms with Gasteiger partial charge in [0.25, 0.3) is 0 Å². The van der Waals surface area contributed by atoms with E-state index < -0.39 is 0 Å². The van der Waals surface area contributed by atoms with Crippen LogP contribution < -0.4 is 5.73 Å². The minimum Gasteiger partial charge on any atom is -0.337 e. The highest BCUT2D eigenvalue weighted by Crippen LogP contribution is 2.26. The van der Waals surface area contributed by atoms with Crippen molar-refractivity contribution in [3.63, 3.8) is 0 Å². The second-order valence-corrected chi connectivity index (χ2v) is 4.65. The molecule has 1 unspecified atom stereocenters. The smallest absolute Gasteiger partial charge is 0.0945 e. The van der Waals surface area contributed by atoms with E-state index in [1.807, 2.05) is 18.7 Å². The van der Waals surface area contributed by atoms with Crippen LogP contribution in [-0.2, 0) is 6.54 Å².